The van der Waals surface area contributed by atoms with Crippen LogP contribution in [0.4, 0.5) is 0 Å². The summed E-state index contributed by atoms with van der Waals surface area (Å²) in [6.07, 6.45) is 4.08. The predicted molar refractivity (Wildman–Crippen MR) is 78.6 cm³/mol. The van der Waals surface area contributed by atoms with Crippen LogP contribution in [0.2, 0.25) is 0 Å². The highest BCUT2D eigenvalue weighted by atomic mass is 32.2. The van der Waals surface area contributed by atoms with Crippen LogP contribution >= 0.6 is 11.3 Å². The molecule has 0 radical (unpaired) electrons. The van der Waals surface area contributed by atoms with E-state index >= 15 is 0 Å². The molecule has 2 rings (SSSR count). The highest BCUT2D eigenvalue weighted by molar-refractivity contribution is 7.91. The maximum atomic E-state index is 12.3. The van der Waals surface area contributed by atoms with E-state index in [1.54, 1.807) is 12.1 Å². The van der Waals surface area contributed by atoms with Crippen LogP contribution in [0.25, 0.3) is 0 Å². The maximum Gasteiger partial charge on any atom is 0.250 e. The van der Waals surface area contributed by atoms with E-state index in [4.69, 9.17) is 5.73 Å². The molecule has 1 atom stereocenters. The Bertz CT molecular complexity index is 535. The lowest BCUT2D eigenvalue weighted by Gasteiger charge is -2.35. The molecule has 3 N–H and O–H groups in total. The van der Waals surface area contributed by atoms with Gasteiger partial charge in [-0.15, -0.1) is 11.3 Å². The summed E-state index contributed by atoms with van der Waals surface area (Å²) in [5.74, 6) is 0. The molecule has 1 aromatic heterocycles. The average molecular weight is 302 g/mol. The van der Waals surface area contributed by atoms with E-state index < -0.39 is 10.0 Å². The van der Waals surface area contributed by atoms with Crippen molar-refractivity contribution in [1.82, 2.24) is 4.72 Å². The van der Waals surface area contributed by atoms with Gasteiger partial charge in [-0.2, -0.15) is 0 Å². The van der Waals surface area contributed by atoms with Gasteiger partial charge in [0.1, 0.15) is 4.21 Å². The minimum atomic E-state index is -3.39. The Labute approximate surface area is 119 Å². The molecule has 0 bridgehead atoms. The van der Waals surface area contributed by atoms with Gasteiger partial charge < -0.3 is 5.73 Å². The first-order valence-electron chi connectivity index (χ1n) is 6.63. The Morgan fingerprint density at radius 3 is 2.79 bits per heavy atom. The monoisotopic (exact) mass is 302 g/mol. The molecule has 108 valence electrons. The third-order valence-corrected chi connectivity index (χ3v) is 6.75. The quantitative estimate of drug-likeness (QED) is 0.897. The van der Waals surface area contributed by atoms with Gasteiger partial charge in [-0.25, -0.2) is 13.1 Å². The van der Waals surface area contributed by atoms with Gasteiger partial charge in [0.25, 0.3) is 0 Å². The summed E-state index contributed by atoms with van der Waals surface area (Å²) in [5.41, 5.74) is 5.75. The van der Waals surface area contributed by atoms with Crippen LogP contribution in [-0.4, -0.2) is 14.5 Å². The summed E-state index contributed by atoms with van der Waals surface area (Å²) in [6, 6.07) is 3.48. The minimum absolute atomic E-state index is 0.0529. The number of hydrogen-bond donors (Lipinski definition) is 2. The summed E-state index contributed by atoms with van der Waals surface area (Å²) < 4.78 is 27.8. The van der Waals surface area contributed by atoms with Gasteiger partial charge in [-0.1, -0.05) is 20.3 Å². The molecular formula is C13H22N2O2S2. The SMILES string of the molecule is CC1(C)CCCC(NS(=O)(=O)c2ccc(CN)s2)C1. The van der Waals surface area contributed by atoms with E-state index in [-0.39, 0.29) is 11.5 Å². The van der Waals surface area contributed by atoms with Gasteiger partial charge in [0, 0.05) is 17.5 Å². The number of thiophene rings is 1. The zero-order valence-corrected chi connectivity index (χ0v) is 13.1. The molecule has 1 saturated carbocycles. The van der Waals surface area contributed by atoms with Gasteiger partial charge in [0.15, 0.2) is 0 Å². The first kappa shape index (κ1) is 15.0. The highest BCUT2D eigenvalue weighted by Gasteiger charge is 2.31. The Balaban J connectivity index is 2.09. The normalized spacial score (nSPS) is 23.4. The fraction of sp³-hybridized carbons (Fsp3) is 0.692. The molecule has 1 aromatic rings. The van der Waals surface area contributed by atoms with Crippen molar-refractivity contribution in [3.63, 3.8) is 0 Å². The van der Waals surface area contributed by atoms with Crippen LogP contribution in [0.1, 0.15) is 44.4 Å². The zero-order valence-electron chi connectivity index (χ0n) is 11.5. The lowest BCUT2D eigenvalue weighted by Crippen LogP contribution is -2.40. The highest BCUT2D eigenvalue weighted by Crippen LogP contribution is 2.35. The molecule has 0 aliphatic heterocycles. The van der Waals surface area contributed by atoms with Gasteiger partial charge in [0.2, 0.25) is 10.0 Å². The van der Waals surface area contributed by atoms with E-state index in [1.165, 1.54) is 17.8 Å². The Hall–Kier alpha value is -0.430. The Kier molecular flexibility index (Phi) is 4.35. The standard InChI is InChI=1S/C13H22N2O2S2/c1-13(2)7-3-4-10(8-13)15-19(16,17)12-6-5-11(9-14)18-12/h5-6,10,15H,3-4,7-9,14H2,1-2H3. The average Bonchev–Trinajstić information content (AvgIpc) is 2.76. The van der Waals surface area contributed by atoms with Crippen molar-refractivity contribution < 1.29 is 8.42 Å². The second kappa shape index (κ2) is 5.52. The smallest absolute Gasteiger partial charge is 0.250 e. The summed E-state index contributed by atoms with van der Waals surface area (Å²) in [5, 5.41) is 0. The number of hydrogen-bond acceptors (Lipinski definition) is 4. The van der Waals surface area contributed by atoms with Crippen LogP contribution in [0, 0.1) is 5.41 Å². The largest absolute Gasteiger partial charge is 0.326 e. The summed E-state index contributed by atoms with van der Waals surface area (Å²) >= 11 is 1.25. The molecule has 1 unspecified atom stereocenters. The lowest BCUT2D eigenvalue weighted by atomic mass is 9.75. The first-order chi connectivity index (χ1) is 8.82. The second-order valence-electron chi connectivity index (χ2n) is 6.00. The third kappa shape index (κ3) is 3.78. The summed E-state index contributed by atoms with van der Waals surface area (Å²) in [6.45, 7) is 4.78. The van der Waals surface area contributed by atoms with Crippen LogP contribution in [0.5, 0.6) is 0 Å². The first-order valence-corrected chi connectivity index (χ1v) is 8.93. The number of nitrogens with one attached hydrogen (secondary N) is 1. The summed E-state index contributed by atoms with van der Waals surface area (Å²) in [7, 11) is -3.39. The number of sulfonamides is 1. The molecule has 4 nitrogen and oxygen atoms in total. The van der Waals surface area contributed by atoms with Crippen molar-refractivity contribution in [3.8, 4) is 0 Å². The van der Waals surface area contributed by atoms with Gasteiger partial charge in [-0.3, -0.25) is 0 Å². The van der Waals surface area contributed by atoms with Crippen molar-refractivity contribution in [1.29, 1.82) is 0 Å². The van der Waals surface area contributed by atoms with Crippen molar-refractivity contribution in [3.05, 3.63) is 17.0 Å². The fourth-order valence-electron chi connectivity index (χ4n) is 2.69. The molecule has 0 aromatic carbocycles. The molecule has 0 amide bonds. The Morgan fingerprint density at radius 1 is 1.47 bits per heavy atom. The summed E-state index contributed by atoms with van der Waals surface area (Å²) in [4.78, 5) is 0.893. The zero-order chi connectivity index (χ0) is 14.1. The van der Waals surface area contributed by atoms with Crippen LogP contribution in [-0.2, 0) is 16.6 Å². The molecule has 1 aliphatic carbocycles. The molecule has 19 heavy (non-hydrogen) atoms. The van der Waals surface area contributed by atoms with Crippen LogP contribution in [0.3, 0.4) is 0 Å². The van der Waals surface area contributed by atoms with Gasteiger partial charge in [0.05, 0.1) is 0 Å². The molecule has 0 saturated heterocycles. The number of rotatable bonds is 4. The van der Waals surface area contributed by atoms with E-state index in [0.29, 0.717) is 10.8 Å². The van der Waals surface area contributed by atoms with Crippen molar-refractivity contribution in [2.75, 3.05) is 0 Å². The van der Waals surface area contributed by atoms with Gasteiger partial charge >= 0.3 is 0 Å². The third-order valence-electron chi connectivity index (χ3n) is 3.63. The molecule has 1 fully saturated rings. The van der Waals surface area contributed by atoms with Crippen molar-refractivity contribution in [2.24, 2.45) is 11.1 Å². The van der Waals surface area contributed by atoms with Crippen molar-refractivity contribution in [2.45, 2.75) is 56.3 Å². The molecule has 6 heteroatoms. The van der Waals surface area contributed by atoms with E-state index in [9.17, 15) is 8.42 Å². The predicted octanol–water partition coefficient (Wildman–Crippen LogP) is 2.45. The van der Waals surface area contributed by atoms with E-state index in [2.05, 4.69) is 18.6 Å². The van der Waals surface area contributed by atoms with Crippen LogP contribution in [0.15, 0.2) is 16.3 Å². The second-order valence-corrected chi connectivity index (χ2v) is 9.11. The maximum absolute atomic E-state index is 12.3. The fourth-order valence-corrected chi connectivity index (χ4v) is 5.21. The van der Waals surface area contributed by atoms with E-state index in [0.717, 1.165) is 24.1 Å². The molecule has 0 spiro atoms. The van der Waals surface area contributed by atoms with Crippen molar-refractivity contribution >= 4 is 21.4 Å². The number of nitrogens with two attached hydrogens (primary N) is 1. The van der Waals surface area contributed by atoms with Crippen LogP contribution < -0.4 is 10.5 Å². The molecule has 1 heterocycles. The van der Waals surface area contributed by atoms with E-state index in [1.807, 2.05) is 0 Å². The topological polar surface area (TPSA) is 72.2 Å². The Morgan fingerprint density at radius 2 is 2.21 bits per heavy atom. The molecular weight excluding hydrogens is 280 g/mol. The minimum Gasteiger partial charge on any atom is -0.326 e. The van der Waals surface area contributed by atoms with Gasteiger partial charge in [-0.05, 0) is 36.8 Å². The lowest BCUT2D eigenvalue weighted by molar-refractivity contribution is 0.212. The molecule has 1 aliphatic rings.